The van der Waals surface area contributed by atoms with E-state index in [2.05, 4.69) is 15.6 Å². The van der Waals surface area contributed by atoms with Gasteiger partial charge in [-0.25, -0.2) is 13.9 Å². The van der Waals surface area contributed by atoms with E-state index in [0.717, 1.165) is 31.4 Å². The van der Waals surface area contributed by atoms with Crippen LogP contribution in [0.4, 0.5) is 9.18 Å². The molecule has 4 rings (SSSR count). The predicted molar refractivity (Wildman–Crippen MR) is 117 cm³/mol. The topological polar surface area (TPSA) is 110 Å². The van der Waals surface area contributed by atoms with Gasteiger partial charge in [0.1, 0.15) is 23.7 Å². The van der Waals surface area contributed by atoms with Gasteiger partial charge in [0.05, 0.1) is 25.0 Å². The molecule has 2 N–H and O–H groups in total. The van der Waals surface area contributed by atoms with Gasteiger partial charge in [-0.15, -0.1) is 5.10 Å². The van der Waals surface area contributed by atoms with Gasteiger partial charge in [0.25, 0.3) is 0 Å². The number of imide groups is 1. The number of halogens is 1. The fourth-order valence-electron chi connectivity index (χ4n) is 3.95. The summed E-state index contributed by atoms with van der Waals surface area (Å²) in [6.07, 6.45) is 6.41. The zero-order chi connectivity index (χ0) is 23.4. The van der Waals surface area contributed by atoms with E-state index in [1.165, 1.54) is 17.0 Å². The zero-order valence-corrected chi connectivity index (χ0v) is 18.8. The minimum Gasteiger partial charge on any atom is -0.493 e. The van der Waals surface area contributed by atoms with E-state index in [1.54, 1.807) is 16.9 Å². The van der Waals surface area contributed by atoms with E-state index in [0.29, 0.717) is 43.2 Å². The van der Waals surface area contributed by atoms with Gasteiger partial charge in [-0.05, 0) is 62.1 Å². The lowest BCUT2D eigenvalue weighted by Crippen LogP contribution is -2.32. The van der Waals surface area contributed by atoms with Crippen LogP contribution in [0, 0.1) is 11.7 Å². The van der Waals surface area contributed by atoms with Crippen molar-refractivity contribution in [2.24, 2.45) is 5.92 Å². The first-order valence-corrected chi connectivity index (χ1v) is 11.5. The molecule has 10 heteroatoms. The minimum absolute atomic E-state index is 0.0991. The highest BCUT2D eigenvalue weighted by molar-refractivity contribution is 6.01. The number of carbonyl (C=O) groups excluding carboxylic acids is 2. The van der Waals surface area contributed by atoms with Gasteiger partial charge in [0.15, 0.2) is 0 Å². The summed E-state index contributed by atoms with van der Waals surface area (Å²) in [5.74, 6) is 0.236. The molecule has 178 valence electrons. The Morgan fingerprint density at radius 1 is 1.27 bits per heavy atom. The molecule has 9 nitrogen and oxygen atoms in total. The number of unbranched alkanes of at least 4 members (excludes halogenated alkanes) is 1. The van der Waals surface area contributed by atoms with Gasteiger partial charge in [0, 0.05) is 12.6 Å². The summed E-state index contributed by atoms with van der Waals surface area (Å²) in [5, 5.41) is 21.8. The average Bonchev–Trinajstić information content (AvgIpc) is 3.43. The molecular weight excluding hydrogens is 429 g/mol. The lowest BCUT2D eigenvalue weighted by Gasteiger charge is -2.28. The second-order valence-electron chi connectivity index (χ2n) is 8.93. The van der Waals surface area contributed by atoms with Crippen LogP contribution in [0.2, 0.25) is 0 Å². The number of benzene rings is 1. The first-order valence-electron chi connectivity index (χ1n) is 11.5. The van der Waals surface area contributed by atoms with Crippen LogP contribution in [0.5, 0.6) is 5.75 Å². The van der Waals surface area contributed by atoms with Gasteiger partial charge in [-0.2, -0.15) is 0 Å². The van der Waals surface area contributed by atoms with Gasteiger partial charge in [0.2, 0.25) is 5.91 Å². The quantitative estimate of drug-likeness (QED) is 0.373. The van der Waals surface area contributed by atoms with Crippen LogP contribution in [0.15, 0.2) is 24.4 Å². The monoisotopic (exact) mass is 459 g/mol. The highest BCUT2D eigenvalue weighted by atomic mass is 19.1. The molecule has 2 aliphatic rings. The maximum absolute atomic E-state index is 14.3. The average molecular weight is 460 g/mol. The molecule has 1 saturated carbocycles. The molecule has 1 atom stereocenters. The molecule has 1 unspecified atom stereocenters. The number of rotatable bonds is 12. The highest BCUT2D eigenvalue weighted by Crippen LogP contribution is 2.33. The molecule has 0 bridgehead atoms. The van der Waals surface area contributed by atoms with Crippen LogP contribution < -0.4 is 10.1 Å². The van der Waals surface area contributed by atoms with Crippen LogP contribution in [-0.2, 0) is 23.4 Å². The van der Waals surface area contributed by atoms with Crippen molar-refractivity contribution < 1.29 is 23.8 Å². The lowest BCUT2D eigenvalue weighted by molar-refractivity contribution is -0.118. The second kappa shape index (κ2) is 9.86. The summed E-state index contributed by atoms with van der Waals surface area (Å²) in [5.41, 5.74) is -0.0524. The molecule has 2 heterocycles. The maximum atomic E-state index is 14.3. The maximum Gasteiger partial charge on any atom is 0.324 e. The number of urea groups is 1. The van der Waals surface area contributed by atoms with Crippen molar-refractivity contribution in [3.8, 4) is 5.75 Å². The number of amides is 3. The van der Waals surface area contributed by atoms with Crippen molar-refractivity contribution in [1.29, 1.82) is 0 Å². The molecule has 0 spiro atoms. The zero-order valence-electron chi connectivity index (χ0n) is 18.8. The number of carbonyl (C=O) groups is 2. The third-order valence-corrected chi connectivity index (χ3v) is 6.26. The van der Waals surface area contributed by atoms with Crippen molar-refractivity contribution in [3.05, 3.63) is 41.5 Å². The number of hydrogen-bond acceptors (Lipinski definition) is 6. The molecule has 2 fully saturated rings. The minimum atomic E-state index is -1.34. The summed E-state index contributed by atoms with van der Waals surface area (Å²) in [6, 6.07) is 4.03. The number of nitrogens with zero attached hydrogens (tertiary/aromatic N) is 4. The Morgan fingerprint density at radius 2 is 2.09 bits per heavy atom. The number of aromatic nitrogens is 3. The normalized spacial score (nSPS) is 17.8. The fraction of sp³-hybridized carbons (Fsp3) is 0.565. The summed E-state index contributed by atoms with van der Waals surface area (Å²) < 4.78 is 21.7. The molecule has 0 radical (unpaired) electrons. The van der Waals surface area contributed by atoms with Crippen LogP contribution in [0.3, 0.4) is 0 Å². The van der Waals surface area contributed by atoms with Crippen molar-refractivity contribution in [1.82, 2.24) is 25.2 Å². The molecule has 2 aromatic rings. The van der Waals surface area contributed by atoms with Gasteiger partial charge >= 0.3 is 6.03 Å². The van der Waals surface area contributed by atoms with E-state index >= 15 is 0 Å². The molecule has 1 aromatic carbocycles. The lowest BCUT2D eigenvalue weighted by atomic mass is 9.90. The Bertz CT molecular complexity index is 1010. The molecule has 3 amide bonds. The summed E-state index contributed by atoms with van der Waals surface area (Å²) in [6.45, 7) is 3.13. The highest BCUT2D eigenvalue weighted by Gasteiger charge is 2.31. The Balaban J connectivity index is 1.37. The number of ether oxygens (including phenoxy) is 1. The number of nitrogens with one attached hydrogen (secondary N) is 1. The van der Waals surface area contributed by atoms with Crippen LogP contribution in [-0.4, -0.2) is 56.6 Å². The second-order valence-corrected chi connectivity index (χ2v) is 8.93. The van der Waals surface area contributed by atoms with Crippen molar-refractivity contribution in [3.63, 3.8) is 0 Å². The van der Waals surface area contributed by atoms with E-state index < -0.39 is 11.4 Å². The molecular formula is C23H30FN5O4. The van der Waals surface area contributed by atoms with E-state index in [-0.39, 0.29) is 25.0 Å². The van der Waals surface area contributed by atoms with Gasteiger partial charge in [-0.3, -0.25) is 10.1 Å². The van der Waals surface area contributed by atoms with Crippen LogP contribution in [0.1, 0.15) is 50.3 Å². The summed E-state index contributed by atoms with van der Waals surface area (Å²) in [4.78, 5) is 24.4. The van der Waals surface area contributed by atoms with E-state index in [1.807, 2.05) is 6.92 Å². The molecule has 1 saturated heterocycles. The Labute approximate surface area is 191 Å². The Hall–Kier alpha value is -3.01. The predicted octanol–water partition coefficient (Wildman–Crippen LogP) is 2.38. The Kier molecular flexibility index (Phi) is 6.92. The van der Waals surface area contributed by atoms with E-state index in [4.69, 9.17) is 4.74 Å². The standard InChI is InChI=1S/C23H30FN5O4/c1-2-23(32,17-9-18(24)11-20(10-17)33-14-16-6-7-16)15-29-19(12-25-27-29)5-3-4-8-28-13-21(30)26-22(28)31/h9-12,16,32H,2-8,13-15H2,1H3,(H,26,30,31). The number of aliphatic hydroxyl groups is 1. The van der Waals surface area contributed by atoms with Crippen LogP contribution >= 0.6 is 0 Å². The van der Waals surface area contributed by atoms with Crippen molar-refractivity contribution >= 4 is 11.9 Å². The van der Waals surface area contributed by atoms with Gasteiger partial charge < -0.3 is 14.7 Å². The molecule has 1 aliphatic carbocycles. The fourth-order valence-corrected chi connectivity index (χ4v) is 3.95. The SMILES string of the molecule is CCC(O)(Cn1nncc1CCCCN1CC(=O)NC1=O)c1cc(F)cc(OCC2CC2)c1. The molecule has 1 aliphatic heterocycles. The van der Waals surface area contributed by atoms with Crippen LogP contribution in [0.25, 0.3) is 0 Å². The number of aryl methyl sites for hydroxylation is 1. The number of hydrogen-bond donors (Lipinski definition) is 2. The van der Waals surface area contributed by atoms with Gasteiger partial charge in [-0.1, -0.05) is 12.1 Å². The Morgan fingerprint density at radius 3 is 2.79 bits per heavy atom. The van der Waals surface area contributed by atoms with E-state index in [9.17, 15) is 19.1 Å². The smallest absolute Gasteiger partial charge is 0.324 e. The third-order valence-electron chi connectivity index (χ3n) is 6.26. The van der Waals surface area contributed by atoms with Crippen molar-refractivity contribution in [2.45, 2.75) is 57.6 Å². The first kappa shape index (κ1) is 23.2. The largest absolute Gasteiger partial charge is 0.493 e. The third kappa shape index (κ3) is 5.87. The van der Waals surface area contributed by atoms with Crippen molar-refractivity contribution in [2.75, 3.05) is 19.7 Å². The first-order chi connectivity index (χ1) is 15.9. The molecule has 1 aromatic heterocycles. The summed E-state index contributed by atoms with van der Waals surface area (Å²) >= 11 is 0. The summed E-state index contributed by atoms with van der Waals surface area (Å²) in [7, 11) is 0. The molecule has 33 heavy (non-hydrogen) atoms.